The molecular weight excluding hydrogens is 324 g/mol. The van der Waals surface area contributed by atoms with Gasteiger partial charge >= 0.3 is 0 Å². The highest BCUT2D eigenvalue weighted by Gasteiger charge is 2.25. The number of aromatic nitrogens is 2. The Hall–Kier alpha value is -1.50. The van der Waals surface area contributed by atoms with Gasteiger partial charge in [-0.3, -0.25) is 9.59 Å². The van der Waals surface area contributed by atoms with E-state index >= 15 is 0 Å². The lowest BCUT2D eigenvalue weighted by atomic mass is 9.99. The predicted octanol–water partition coefficient (Wildman–Crippen LogP) is 3.25. The normalized spacial score (nSPS) is 18.0. The van der Waals surface area contributed by atoms with Crippen molar-refractivity contribution in [2.75, 3.05) is 11.9 Å². The molecule has 134 valence electrons. The summed E-state index contributed by atoms with van der Waals surface area (Å²) in [5.74, 6) is 0.435. The highest BCUT2D eigenvalue weighted by Crippen LogP contribution is 2.21. The zero-order chi connectivity index (χ0) is 17.5. The molecule has 2 heterocycles. The molecule has 6 nitrogen and oxygen atoms in total. The minimum Gasteiger partial charge on any atom is -0.340 e. The van der Waals surface area contributed by atoms with Gasteiger partial charge in [0.2, 0.25) is 16.9 Å². The van der Waals surface area contributed by atoms with Gasteiger partial charge in [0.05, 0.1) is 0 Å². The van der Waals surface area contributed by atoms with Crippen LogP contribution in [0.4, 0.5) is 5.13 Å². The van der Waals surface area contributed by atoms with Gasteiger partial charge in [-0.2, -0.15) is 0 Å². The summed E-state index contributed by atoms with van der Waals surface area (Å²) >= 11 is 1.41. The van der Waals surface area contributed by atoms with Gasteiger partial charge in [-0.25, -0.2) is 0 Å². The van der Waals surface area contributed by atoms with Crippen LogP contribution in [0.2, 0.25) is 0 Å². The number of carbonyl (C=O) groups is 2. The lowest BCUT2D eigenvalue weighted by Gasteiger charge is -2.35. The van der Waals surface area contributed by atoms with E-state index in [0.29, 0.717) is 17.1 Å². The van der Waals surface area contributed by atoms with Crippen LogP contribution in [0.1, 0.15) is 64.3 Å². The third-order valence-electron chi connectivity index (χ3n) is 4.28. The molecule has 0 radical (unpaired) electrons. The standard InChI is InChI=1S/C17H28N4O2S/c1-4-13-7-5-6-10-21(13)16(23)9-8-14(22)18-17-20-19-15(24-17)11-12(2)3/h12-13H,4-11H2,1-3H3,(H,18,20,22)/t13-/m1/s1. The van der Waals surface area contributed by atoms with Gasteiger partial charge in [-0.1, -0.05) is 32.1 Å². The number of hydrogen-bond acceptors (Lipinski definition) is 5. The molecule has 1 fully saturated rings. The number of rotatable bonds is 7. The average molecular weight is 353 g/mol. The van der Waals surface area contributed by atoms with Crippen molar-refractivity contribution in [3.63, 3.8) is 0 Å². The summed E-state index contributed by atoms with van der Waals surface area (Å²) < 4.78 is 0. The van der Waals surface area contributed by atoms with E-state index in [1.54, 1.807) is 0 Å². The van der Waals surface area contributed by atoms with Crippen molar-refractivity contribution in [2.24, 2.45) is 5.92 Å². The molecule has 0 unspecified atom stereocenters. The van der Waals surface area contributed by atoms with E-state index in [2.05, 4.69) is 36.3 Å². The van der Waals surface area contributed by atoms with Crippen molar-refractivity contribution in [3.05, 3.63) is 5.01 Å². The molecule has 1 N–H and O–H groups in total. The lowest BCUT2D eigenvalue weighted by molar-refractivity contribution is -0.136. The van der Waals surface area contributed by atoms with Crippen molar-refractivity contribution < 1.29 is 9.59 Å². The van der Waals surface area contributed by atoms with Gasteiger partial charge in [-0.05, 0) is 31.6 Å². The maximum Gasteiger partial charge on any atom is 0.226 e. The second-order valence-corrected chi connectivity index (χ2v) is 7.85. The zero-order valence-electron chi connectivity index (χ0n) is 14.9. The lowest BCUT2D eigenvalue weighted by Crippen LogP contribution is -2.43. The molecule has 0 saturated carbocycles. The number of anilines is 1. The maximum atomic E-state index is 12.4. The largest absolute Gasteiger partial charge is 0.340 e. The number of nitrogens with one attached hydrogen (secondary N) is 1. The highest BCUT2D eigenvalue weighted by molar-refractivity contribution is 7.15. The van der Waals surface area contributed by atoms with Crippen molar-refractivity contribution in [2.45, 2.75) is 71.8 Å². The summed E-state index contributed by atoms with van der Waals surface area (Å²) in [6.07, 6.45) is 5.65. The fraction of sp³-hybridized carbons (Fsp3) is 0.765. The first-order valence-corrected chi connectivity index (χ1v) is 9.73. The van der Waals surface area contributed by atoms with Crippen LogP contribution in [-0.4, -0.2) is 39.5 Å². The summed E-state index contributed by atoms with van der Waals surface area (Å²) in [5.41, 5.74) is 0. The van der Waals surface area contributed by atoms with Crippen LogP contribution >= 0.6 is 11.3 Å². The first-order chi connectivity index (χ1) is 11.5. The number of piperidine rings is 1. The Bertz CT molecular complexity index is 559. The Kier molecular flexibility index (Phi) is 7.15. The summed E-state index contributed by atoms with van der Waals surface area (Å²) in [6, 6.07) is 0.344. The Labute approximate surface area is 148 Å². The SMILES string of the molecule is CC[C@@H]1CCCCN1C(=O)CCC(=O)Nc1nnc(CC(C)C)s1. The third kappa shape index (κ3) is 5.54. The molecule has 1 saturated heterocycles. The molecule has 1 aromatic heterocycles. The van der Waals surface area contributed by atoms with Crippen LogP contribution in [0.15, 0.2) is 0 Å². The molecule has 24 heavy (non-hydrogen) atoms. The van der Waals surface area contributed by atoms with E-state index in [1.165, 1.54) is 17.8 Å². The molecule has 1 aliphatic rings. The van der Waals surface area contributed by atoms with E-state index in [0.717, 1.165) is 37.2 Å². The topological polar surface area (TPSA) is 75.2 Å². The molecule has 7 heteroatoms. The molecule has 2 amide bonds. The molecule has 0 aliphatic carbocycles. The molecule has 1 aromatic rings. The number of amides is 2. The number of carbonyl (C=O) groups excluding carboxylic acids is 2. The van der Waals surface area contributed by atoms with Gasteiger partial charge in [0.1, 0.15) is 5.01 Å². The summed E-state index contributed by atoms with van der Waals surface area (Å²) in [7, 11) is 0. The number of hydrogen-bond donors (Lipinski definition) is 1. The third-order valence-corrected chi connectivity index (χ3v) is 5.14. The molecular formula is C17H28N4O2S. The van der Waals surface area contributed by atoms with Crippen molar-refractivity contribution in [1.29, 1.82) is 0 Å². The van der Waals surface area contributed by atoms with Crippen LogP contribution in [0, 0.1) is 5.92 Å². The fourth-order valence-electron chi connectivity index (χ4n) is 3.04. The minimum atomic E-state index is -0.166. The molecule has 0 spiro atoms. The van der Waals surface area contributed by atoms with Crippen LogP contribution < -0.4 is 5.32 Å². The van der Waals surface area contributed by atoms with Crippen LogP contribution in [0.3, 0.4) is 0 Å². The molecule has 0 bridgehead atoms. The van der Waals surface area contributed by atoms with Crippen LogP contribution in [0.25, 0.3) is 0 Å². The Morgan fingerprint density at radius 2 is 2.08 bits per heavy atom. The van der Waals surface area contributed by atoms with E-state index in [1.807, 2.05) is 4.90 Å². The smallest absolute Gasteiger partial charge is 0.226 e. The monoisotopic (exact) mass is 352 g/mol. The average Bonchev–Trinajstić information content (AvgIpc) is 2.98. The Morgan fingerprint density at radius 1 is 1.29 bits per heavy atom. The summed E-state index contributed by atoms with van der Waals surface area (Å²) in [5, 5.41) is 12.3. The van der Waals surface area contributed by atoms with Crippen molar-refractivity contribution in [3.8, 4) is 0 Å². The maximum absolute atomic E-state index is 12.4. The fourth-order valence-corrected chi connectivity index (χ4v) is 4.00. The van der Waals surface area contributed by atoms with Crippen LogP contribution in [-0.2, 0) is 16.0 Å². The van der Waals surface area contributed by atoms with Gasteiger partial charge in [0.15, 0.2) is 0 Å². The Balaban J connectivity index is 1.78. The van der Waals surface area contributed by atoms with Gasteiger partial charge in [0, 0.05) is 31.8 Å². The summed E-state index contributed by atoms with van der Waals surface area (Å²) in [6.45, 7) is 7.19. The van der Waals surface area contributed by atoms with E-state index in [9.17, 15) is 9.59 Å². The quantitative estimate of drug-likeness (QED) is 0.817. The highest BCUT2D eigenvalue weighted by atomic mass is 32.1. The minimum absolute atomic E-state index is 0.0921. The van der Waals surface area contributed by atoms with Crippen molar-refractivity contribution >= 4 is 28.3 Å². The molecule has 0 aromatic carbocycles. The first kappa shape index (κ1) is 18.8. The number of likely N-dealkylation sites (tertiary alicyclic amines) is 1. The first-order valence-electron chi connectivity index (χ1n) is 8.91. The van der Waals surface area contributed by atoms with Crippen molar-refractivity contribution in [1.82, 2.24) is 15.1 Å². The second-order valence-electron chi connectivity index (χ2n) is 6.79. The molecule has 1 atom stereocenters. The number of nitrogens with zero attached hydrogens (tertiary/aromatic N) is 3. The Morgan fingerprint density at radius 3 is 2.79 bits per heavy atom. The van der Waals surface area contributed by atoms with Crippen LogP contribution in [0.5, 0.6) is 0 Å². The zero-order valence-corrected chi connectivity index (χ0v) is 15.7. The predicted molar refractivity (Wildman–Crippen MR) is 96.0 cm³/mol. The summed E-state index contributed by atoms with van der Waals surface area (Å²) in [4.78, 5) is 26.4. The van der Waals surface area contributed by atoms with E-state index in [4.69, 9.17) is 0 Å². The van der Waals surface area contributed by atoms with Gasteiger partial charge < -0.3 is 10.2 Å². The second kappa shape index (κ2) is 9.11. The van der Waals surface area contributed by atoms with Gasteiger partial charge in [0.25, 0.3) is 0 Å². The molecule has 1 aliphatic heterocycles. The van der Waals surface area contributed by atoms with E-state index in [-0.39, 0.29) is 24.7 Å². The molecule has 2 rings (SSSR count). The van der Waals surface area contributed by atoms with E-state index < -0.39 is 0 Å². The van der Waals surface area contributed by atoms with Gasteiger partial charge in [-0.15, -0.1) is 10.2 Å².